The SMILES string of the molecule is N#C/C(=C\c1cc(Br)cc(Br)c1OCc1ccccc1F)c1ccc(Br)cc1. The molecule has 0 atom stereocenters. The Morgan fingerprint density at radius 2 is 1.71 bits per heavy atom. The van der Waals surface area contributed by atoms with Crippen molar-refractivity contribution in [3.05, 3.63) is 96.6 Å². The normalized spacial score (nSPS) is 11.2. The van der Waals surface area contributed by atoms with Gasteiger partial charge in [-0.3, -0.25) is 0 Å². The molecule has 0 amide bonds. The fourth-order valence-corrected chi connectivity index (χ4v) is 4.21. The maximum atomic E-state index is 13.9. The van der Waals surface area contributed by atoms with Gasteiger partial charge >= 0.3 is 0 Å². The third kappa shape index (κ3) is 5.11. The minimum atomic E-state index is -0.319. The topological polar surface area (TPSA) is 33.0 Å². The van der Waals surface area contributed by atoms with Crippen molar-refractivity contribution in [3.63, 3.8) is 0 Å². The molecule has 0 saturated carbocycles. The standard InChI is InChI=1S/C22H13Br3FNO/c23-18-7-5-14(6-8-18)17(12-27)9-16-10-19(24)11-20(25)22(16)28-13-15-3-1-2-4-21(15)26/h1-11H,13H2/b17-9+. The molecule has 0 aliphatic carbocycles. The highest BCUT2D eigenvalue weighted by Gasteiger charge is 2.12. The zero-order chi connectivity index (χ0) is 20.1. The van der Waals surface area contributed by atoms with Gasteiger partial charge in [0.2, 0.25) is 0 Å². The lowest BCUT2D eigenvalue weighted by Crippen LogP contribution is -2.00. The number of halogens is 4. The van der Waals surface area contributed by atoms with Crippen molar-refractivity contribution in [1.82, 2.24) is 0 Å². The number of hydrogen-bond acceptors (Lipinski definition) is 2. The summed E-state index contributed by atoms with van der Waals surface area (Å²) in [4.78, 5) is 0. The molecule has 0 unspecified atom stereocenters. The van der Waals surface area contributed by atoms with E-state index in [0.29, 0.717) is 26.9 Å². The van der Waals surface area contributed by atoms with Crippen LogP contribution in [0.4, 0.5) is 4.39 Å². The predicted molar refractivity (Wildman–Crippen MR) is 120 cm³/mol. The lowest BCUT2D eigenvalue weighted by atomic mass is 10.0. The zero-order valence-corrected chi connectivity index (χ0v) is 19.2. The number of ether oxygens (including phenoxy) is 1. The summed E-state index contributed by atoms with van der Waals surface area (Å²) < 4.78 is 22.3. The Labute approximate surface area is 188 Å². The average molecular weight is 566 g/mol. The Morgan fingerprint density at radius 1 is 1.00 bits per heavy atom. The summed E-state index contributed by atoms with van der Waals surface area (Å²) in [6, 6.07) is 19.9. The first kappa shape index (κ1) is 20.8. The maximum absolute atomic E-state index is 13.9. The van der Waals surface area contributed by atoms with Gasteiger partial charge < -0.3 is 4.74 Å². The summed E-state index contributed by atoms with van der Waals surface area (Å²) in [5.74, 6) is 0.219. The first-order valence-electron chi connectivity index (χ1n) is 8.21. The van der Waals surface area contributed by atoms with Crippen LogP contribution in [0, 0.1) is 17.1 Å². The van der Waals surface area contributed by atoms with Crippen LogP contribution in [0.1, 0.15) is 16.7 Å². The van der Waals surface area contributed by atoms with Crippen LogP contribution in [0.15, 0.2) is 74.1 Å². The number of hydrogen-bond donors (Lipinski definition) is 0. The van der Waals surface area contributed by atoms with Crippen molar-refractivity contribution < 1.29 is 9.13 Å². The molecule has 0 spiro atoms. The molecule has 3 rings (SSSR count). The number of allylic oxidation sites excluding steroid dienone is 1. The van der Waals surface area contributed by atoms with Gasteiger partial charge in [0.25, 0.3) is 0 Å². The Bertz CT molecular complexity index is 1070. The molecule has 6 heteroatoms. The van der Waals surface area contributed by atoms with E-state index in [2.05, 4.69) is 53.9 Å². The van der Waals surface area contributed by atoms with Crippen molar-refractivity contribution in [2.45, 2.75) is 6.61 Å². The number of benzene rings is 3. The molecule has 0 aliphatic heterocycles. The number of nitriles is 1. The highest BCUT2D eigenvalue weighted by Crippen LogP contribution is 2.36. The van der Waals surface area contributed by atoms with Crippen LogP contribution < -0.4 is 4.74 Å². The van der Waals surface area contributed by atoms with Crippen LogP contribution in [0.25, 0.3) is 11.6 Å². The maximum Gasteiger partial charge on any atom is 0.141 e. The molecule has 0 N–H and O–H groups in total. The minimum Gasteiger partial charge on any atom is -0.487 e. The van der Waals surface area contributed by atoms with Crippen LogP contribution in [0.5, 0.6) is 5.75 Å². The highest BCUT2D eigenvalue weighted by molar-refractivity contribution is 9.11. The van der Waals surface area contributed by atoms with Crippen LogP contribution in [0.2, 0.25) is 0 Å². The van der Waals surface area contributed by atoms with E-state index in [0.717, 1.165) is 14.5 Å². The highest BCUT2D eigenvalue weighted by atomic mass is 79.9. The van der Waals surface area contributed by atoms with Gasteiger partial charge in [-0.05, 0) is 57.9 Å². The Kier molecular flexibility index (Phi) is 7.06. The van der Waals surface area contributed by atoms with Crippen LogP contribution in [-0.4, -0.2) is 0 Å². The summed E-state index contributed by atoms with van der Waals surface area (Å²) in [6.07, 6.45) is 1.76. The van der Waals surface area contributed by atoms with Crippen LogP contribution in [0.3, 0.4) is 0 Å². The molecule has 0 aromatic heterocycles. The summed E-state index contributed by atoms with van der Waals surface area (Å²) >= 11 is 10.4. The molecule has 2 nitrogen and oxygen atoms in total. The van der Waals surface area contributed by atoms with Crippen molar-refractivity contribution in [3.8, 4) is 11.8 Å². The molecule has 28 heavy (non-hydrogen) atoms. The Morgan fingerprint density at radius 3 is 2.39 bits per heavy atom. The Hall–Kier alpha value is -1.94. The van der Waals surface area contributed by atoms with E-state index >= 15 is 0 Å². The van der Waals surface area contributed by atoms with E-state index in [1.54, 1.807) is 24.3 Å². The fraction of sp³-hybridized carbons (Fsp3) is 0.0455. The lowest BCUT2D eigenvalue weighted by molar-refractivity contribution is 0.297. The molecular weight excluding hydrogens is 553 g/mol. The minimum absolute atomic E-state index is 0.0773. The molecule has 0 aliphatic rings. The largest absolute Gasteiger partial charge is 0.487 e. The molecule has 0 bridgehead atoms. The summed E-state index contributed by atoms with van der Waals surface area (Å²) in [5, 5.41) is 9.64. The van der Waals surface area contributed by atoms with Gasteiger partial charge in [-0.15, -0.1) is 0 Å². The molecule has 3 aromatic rings. The molecule has 0 radical (unpaired) electrons. The molecular formula is C22H13Br3FNO. The molecule has 140 valence electrons. The second kappa shape index (κ2) is 9.51. The van der Waals surface area contributed by atoms with Crippen molar-refractivity contribution >= 4 is 59.4 Å². The van der Waals surface area contributed by atoms with Crippen molar-refractivity contribution in [2.75, 3.05) is 0 Å². The summed E-state index contributed by atoms with van der Waals surface area (Å²) in [7, 11) is 0. The monoisotopic (exact) mass is 563 g/mol. The second-order valence-electron chi connectivity index (χ2n) is 5.86. The Balaban J connectivity index is 1.99. The van der Waals surface area contributed by atoms with Gasteiger partial charge in [0.05, 0.1) is 16.1 Å². The number of nitrogens with zero attached hydrogens (tertiary/aromatic N) is 1. The molecule has 0 saturated heterocycles. The lowest BCUT2D eigenvalue weighted by Gasteiger charge is -2.13. The van der Waals surface area contributed by atoms with Gasteiger partial charge in [0.1, 0.15) is 18.2 Å². The zero-order valence-electron chi connectivity index (χ0n) is 14.4. The first-order valence-corrected chi connectivity index (χ1v) is 10.6. The van der Waals surface area contributed by atoms with E-state index in [-0.39, 0.29) is 12.4 Å². The third-order valence-electron chi connectivity index (χ3n) is 3.94. The van der Waals surface area contributed by atoms with Gasteiger partial charge in [0, 0.05) is 20.1 Å². The second-order valence-corrected chi connectivity index (χ2v) is 8.55. The van der Waals surface area contributed by atoms with E-state index < -0.39 is 0 Å². The molecule has 0 fully saturated rings. The fourth-order valence-electron chi connectivity index (χ4n) is 2.57. The molecule has 0 heterocycles. The smallest absolute Gasteiger partial charge is 0.141 e. The molecule has 3 aromatic carbocycles. The van der Waals surface area contributed by atoms with Gasteiger partial charge in [-0.25, -0.2) is 4.39 Å². The quantitative estimate of drug-likeness (QED) is 0.234. The first-order chi connectivity index (χ1) is 13.5. The van der Waals surface area contributed by atoms with E-state index in [9.17, 15) is 9.65 Å². The average Bonchev–Trinajstić information content (AvgIpc) is 2.67. The van der Waals surface area contributed by atoms with Gasteiger partial charge in [-0.1, -0.05) is 62.2 Å². The van der Waals surface area contributed by atoms with Gasteiger partial charge in [0.15, 0.2) is 0 Å². The predicted octanol–water partition coefficient (Wildman–Crippen LogP) is 7.76. The van der Waals surface area contributed by atoms with Crippen LogP contribution in [-0.2, 0) is 6.61 Å². The van der Waals surface area contributed by atoms with E-state index in [1.807, 2.05) is 36.4 Å². The summed E-state index contributed by atoms with van der Waals surface area (Å²) in [5.41, 5.74) is 2.45. The van der Waals surface area contributed by atoms with Gasteiger partial charge in [-0.2, -0.15) is 5.26 Å². The van der Waals surface area contributed by atoms with E-state index in [1.165, 1.54) is 6.07 Å². The summed E-state index contributed by atoms with van der Waals surface area (Å²) in [6.45, 7) is 0.0773. The van der Waals surface area contributed by atoms with E-state index in [4.69, 9.17) is 4.74 Å². The van der Waals surface area contributed by atoms with Crippen molar-refractivity contribution in [1.29, 1.82) is 5.26 Å². The van der Waals surface area contributed by atoms with Crippen LogP contribution >= 0.6 is 47.8 Å². The number of rotatable bonds is 5. The van der Waals surface area contributed by atoms with Crippen molar-refractivity contribution in [2.24, 2.45) is 0 Å². The third-order valence-corrected chi connectivity index (χ3v) is 5.52.